The lowest BCUT2D eigenvalue weighted by Gasteiger charge is -2.05. The first-order valence-corrected chi connectivity index (χ1v) is 6.90. The van der Waals surface area contributed by atoms with Crippen LogP contribution in [0.2, 0.25) is 0 Å². The molecule has 0 bridgehead atoms. The Kier molecular flexibility index (Phi) is 3.44. The summed E-state index contributed by atoms with van der Waals surface area (Å²) < 4.78 is 7.88. The Morgan fingerprint density at radius 3 is 2.43 bits per heavy atom. The van der Waals surface area contributed by atoms with Crippen LogP contribution in [0.25, 0.3) is 10.9 Å². The maximum atomic E-state index is 9.67. The molecule has 2 aromatic carbocycles. The summed E-state index contributed by atoms with van der Waals surface area (Å²) in [4.78, 5) is 0. The Morgan fingerprint density at radius 2 is 1.71 bits per heavy atom. The predicted molar refractivity (Wildman–Crippen MR) is 81.7 cm³/mol. The van der Waals surface area contributed by atoms with E-state index in [1.54, 1.807) is 36.4 Å². The van der Waals surface area contributed by atoms with Crippen LogP contribution in [0.5, 0.6) is 17.2 Å². The lowest BCUT2D eigenvalue weighted by Crippen LogP contribution is -1.94. The van der Waals surface area contributed by atoms with Crippen LogP contribution >= 0.6 is 0 Å². The summed E-state index contributed by atoms with van der Waals surface area (Å²) in [5.74, 6) is 1.17. The fraction of sp³-hybridized carbons (Fsp3) is 0.176. The van der Waals surface area contributed by atoms with Crippen molar-refractivity contribution < 1.29 is 14.9 Å². The topological polar surface area (TPSA) is 54.6 Å². The third-order valence-corrected chi connectivity index (χ3v) is 3.52. The summed E-state index contributed by atoms with van der Waals surface area (Å²) in [6.45, 7) is 3.36. The lowest BCUT2D eigenvalue weighted by atomic mass is 10.2. The van der Waals surface area contributed by atoms with Gasteiger partial charge in [-0.1, -0.05) is 0 Å². The Hall–Kier alpha value is -2.62. The van der Waals surface area contributed by atoms with Crippen LogP contribution < -0.4 is 4.74 Å². The molecule has 0 aliphatic heterocycles. The van der Waals surface area contributed by atoms with Crippen molar-refractivity contribution in [2.45, 2.75) is 20.1 Å². The standard InChI is InChI=1S/C17H17NO3/c1-2-18-10-12(16-9-14(20)5-8-17(16)18)11-21-15-6-3-13(19)4-7-15/h3-10,19-20H,2,11H2,1H3. The second-order valence-electron chi connectivity index (χ2n) is 4.92. The fourth-order valence-electron chi connectivity index (χ4n) is 2.44. The zero-order valence-electron chi connectivity index (χ0n) is 11.8. The number of rotatable bonds is 4. The highest BCUT2D eigenvalue weighted by atomic mass is 16.5. The number of hydrogen-bond donors (Lipinski definition) is 2. The molecule has 0 unspecified atom stereocenters. The minimum Gasteiger partial charge on any atom is -0.508 e. The van der Waals surface area contributed by atoms with Gasteiger partial charge in [0.15, 0.2) is 0 Å². The van der Waals surface area contributed by atoms with E-state index in [9.17, 15) is 10.2 Å². The highest BCUT2D eigenvalue weighted by Gasteiger charge is 2.09. The van der Waals surface area contributed by atoms with Crippen LogP contribution in [-0.4, -0.2) is 14.8 Å². The Balaban J connectivity index is 1.89. The number of nitrogens with zero attached hydrogens (tertiary/aromatic N) is 1. The summed E-state index contributed by atoms with van der Waals surface area (Å²) >= 11 is 0. The molecule has 1 aromatic heterocycles. The number of fused-ring (bicyclic) bond motifs is 1. The number of aromatic hydroxyl groups is 2. The monoisotopic (exact) mass is 283 g/mol. The Labute approximate surface area is 122 Å². The molecule has 21 heavy (non-hydrogen) atoms. The molecule has 0 atom stereocenters. The van der Waals surface area contributed by atoms with Gasteiger partial charge in [0.1, 0.15) is 23.9 Å². The van der Waals surface area contributed by atoms with Gasteiger partial charge in [-0.2, -0.15) is 0 Å². The van der Waals surface area contributed by atoms with E-state index in [1.165, 1.54) is 0 Å². The third-order valence-electron chi connectivity index (χ3n) is 3.52. The summed E-state index contributed by atoms with van der Waals surface area (Å²) in [6.07, 6.45) is 2.05. The molecule has 4 nitrogen and oxygen atoms in total. The summed E-state index contributed by atoms with van der Waals surface area (Å²) in [6, 6.07) is 12.0. The fourth-order valence-corrected chi connectivity index (χ4v) is 2.44. The van der Waals surface area contributed by atoms with Gasteiger partial charge in [0.25, 0.3) is 0 Å². The molecule has 0 saturated carbocycles. The van der Waals surface area contributed by atoms with Crippen LogP contribution in [0, 0.1) is 0 Å². The predicted octanol–water partition coefficient (Wildman–Crippen LogP) is 3.65. The molecular formula is C17H17NO3. The van der Waals surface area contributed by atoms with Crippen molar-refractivity contribution in [3.05, 3.63) is 54.2 Å². The number of hydrogen-bond acceptors (Lipinski definition) is 3. The molecule has 4 heteroatoms. The van der Waals surface area contributed by atoms with Gasteiger partial charge in [-0.05, 0) is 49.4 Å². The second-order valence-corrected chi connectivity index (χ2v) is 4.92. The van der Waals surface area contributed by atoms with Gasteiger partial charge in [0.2, 0.25) is 0 Å². The van der Waals surface area contributed by atoms with Crippen molar-refractivity contribution in [2.75, 3.05) is 0 Å². The van der Waals surface area contributed by atoms with Gasteiger partial charge in [-0.25, -0.2) is 0 Å². The summed E-state index contributed by atoms with van der Waals surface area (Å²) in [5.41, 5.74) is 2.11. The molecule has 2 N–H and O–H groups in total. The van der Waals surface area contributed by atoms with Gasteiger partial charge in [-0.15, -0.1) is 0 Å². The molecule has 0 aliphatic rings. The number of aromatic nitrogens is 1. The number of ether oxygens (including phenoxy) is 1. The van der Waals surface area contributed by atoms with Crippen molar-refractivity contribution in [3.63, 3.8) is 0 Å². The van der Waals surface area contributed by atoms with Crippen LogP contribution in [0.15, 0.2) is 48.7 Å². The van der Waals surface area contributed by atoms with Gasteiger partial charge in [0.05, 0.1) is 0 Å². The molecule has 0 aliphatic carbocycles. The van der Waals surface area contributed by atoms with Crippen molar-refractivity contribution >= 4 is 10.9 Å². The quantitative estimate of drug-likeness (QED) is 0.768. The first kappa shape index (κ1) is 13.4. The van der Waals surface area contributed by atoms with Gasteiger partial charge in [-0.3, -0.25) is 0 Å². The molecule has 0 amide bonds. The average molecular weight is 283 g/mol. The van der Waals surface area contributed by atoms with E-state index in [1.807, 2.05) is 12.3 Å². The van der Waals surface area contributed by atoms with Gasteiger partial charge >= 0.3 is 0 Å². The number of benzene rings is 2. The summed E-state index contributed by atoms with van der Waals surface area (Å²) in [5, 5.41) is 19.9. The molecule has 0 fully saturated rings. The molecule has 3 rings (SSSR count). The van der Waals surface area contributed by atoms with Gasteiger partial charge < -0.3 is 19.5 Å². The minimum atomic E-state index is 0.217. The molecule has 0 saturated heterocycles. The van der Waals surface area contributed by atoms with Crippen molar-refractivity contribution in [1.82, 2.24) is 4.57 Å². The largest absolute Gasteiger partial charge is 0.508 e. The smallest absolute Gasteiger partial charge is 0.120 e. The number of phenols is 2. The molecular weight excluding hydrogens is 266 g/mol. The molecule has 3 aromatic rings. The lowest BCUT2D eigenvalue weighted by molar-refractivity contribution is 0.306. The van der Waals surface area contributed by atoms with E-state index in [-0.39, 0.29) is 11.5 Å². The van der Waals surface area contributed by atoms with Crippen molar-refractivity contribution in [1.29, 1.82) is 0 Å². The van der Waals surface area contributed by atoms with Crippen molar-refractivity contribution in [3.8, 4) is 17.2 Å². The van der Waals surface area contributed by atoms with Crippen LogP contribution in [0.3, 0.4) is 0 Å². The van der Waals surface area contributed by atoms with E-state index in [0.29, 0.717) is 12.4 Å². The molecule has 1 heterocycles. The van der Waals surface area contributed by atoms with E-state index in [4.69, 9.17) is 4.74 Å². The second kappa shape index (κ2) is 5.40. The summed E-state index contributed by atoms with van der Waals surface area (Å²) in [7, 11) is 0. The SMILES string of the molecule is CCn1cc(COc2ccc(O)cc2)c2cc(O)ccc21. The average Bonchev–Trinajstić information content (AvgIpc) is 2.84. The van der Waals surface area contributed by atoms with Crippen molar-refractivity contribution in [2.24, 2.45) is 0 Å². The van der Waals surface area contributed by atoms with E-state index in [0.717, 1.165) is 23.0 Å². The highest BCUT2D eigenvalue weighted by molar-refractivity contribution is 5.85. The van der Waals surface area contributed by atoms with E-state index < -0.39 is 0 Å². The van der Waals surface area contributed by atoms with Crippen LogP contribution in [-0.2, 0) is 13.2 Å². The van der Waals surface area contributed by atoms with Gasteiger partial charge in [0, 0.05) is 29.2 Å². The first-order valence-electron chi connectivity index (χ1n) is 6.90. The molecule has 108 valence electrons. The molecule has 0 radical (unpaired) electrons. The number of aryl methyl sites for hydroxylation is 1. The van der Waals surface area contributed by atoms with Crippen LogP contribution in [0.4, 0.5) is 0 Å². The first-order chi connectivity index (χ1) is 10.2. The zero-order chi connectivity index (χ0) is 14.8. The number of phenolic OH excluding ortho intramolecular Hbond substituents is 2. The Morgan fingerprint density at radius 1 is 1.00 bits per heavy atom. The maximum absolute atomic E-state index is 9.67. The highest BCUT2D eigenvalue weighted by Crippen LogP contribution is 2.27. The minimum absolute atomic E-state index is 0.217. The zero-order valence-corrected chi connectivity index (χ0v) is 11.8. The van der Waals surface area contributed by atoms with E-state index in [2.05, 4.69) is 11.5 Å². The molecule has 0 spiro atoms. The van der Waals surface area contributed by atoms with Crippen LogP contribution in [0.1, 0.15) is 12.5 Å². The maximum Gasteiger partial charge on any atom is 0.120 e. The normalized spacial score (nSPS) is 10.9. The Bertz CT molecular complexity index is 760. The van der Waals surface area contributed by atoms with E-state index >= 15 is 0 Å². The third kappa shape index (κ3) is 2.65.